The predicted octanol–water partition coefficient (Wildman–Crippen LogP) is 2.73. The fourth-order valence-corrected chi connectivity index (χ4v) is 7.54. The molecule has 0 bridgehead atoms. The summed E-state index contributed by atoms with van der Waals surface area (Å²) in [6.07, 6.45) is 8.73. The van der Waals surface area contributed by atoms with Crippen molar-refractivity contribution in [3.63, 3.8) is 0 Å². The van der Waals surface area contributed by atoms with Gasteiger partial charge in [-0.25, -0.2) is 4.79 Å². The maximum Gasteiger partial charge on any atom is 0.332 e. The summed E-state index contributed by atoms with van der Waals surface area (Å²) in [6, 6.07) is -4.26. The molecule has 1 aliphatic carbocycles. The highest BCUT2D eigenvalue weighted by molar-refractivity contribution is 6.38. The first-order valence-corrected chi connectivity index (χ1v) is 21.1. The van der Waals surface area contributed by atoms with E-state index in [-0.39, 0.29) is 37.1 Å². The molecule has 2 fully saturated rings. The Morgan fingerprint density at radius 3 is 1.98 bits per heavy atom. The highest BCUT2D eigenvalue weighted by Crippen LogP contribution is 2.31. The minimum atomic E-state index is -1.29. The van der Waals surface area contributed by atoms with E-state index in [1.165, 1.54) is 4.90 Å². The second-order valence-corrected chi connectivity index (χ2v) is 16.5. The number of carbonyl (C=O) groups is 8. The van der Waals surface area contributed by atoms with Gasteiger partial charge >= 0.3 is 5.97 Å². The minimum absolute atomic E-state index is 0.0154. The van der Waals surface area contributed by atoms with E-state index in [0.717, 1.165) is 51.4 Å². The molecule has 1 heterocycles. The number of Topliss-reactive ketones (excluding diaryl/α,β-unsaturated/α-hetero) is 1. The Kier molecular flexibility index (Phi) is 21.2. The number of nitrogens with one attached hydrogen (secondary N) is 4. The zero-order chi connectivity index (χ0) is 42.7. The first kappa shape index (κ1) is 49.1. The number of hydrogen-bond donors (Lipinski definition) is 5. The van der Waals surface area contributed by atoms with Crippen molar-refractivity contribution in [3.8, 4) is 0 Å². The average molecular weight is 807 g/mol. The van der Waals surface area contributed by atoms with Crippen LogP contribution in [0.3, 0.4) is 0 Å². The van der Waals surface area contributed by atoms with Gasteiger partial charge in [-0.15, -0.1) is 0 Å². The lowest BCUT2D eigenvalue weighted by Crippen LogP contribution is -2.58. The van der Waals surface area contributed by atoms with Gasteiger partial charge in [0.25, 0.3) is 5.91 Å². The first-order valence-electron chi connectivity index (χ1n) is 21.1. The van der Waals surface area contributed by atoms with Crippen molar-refractivity contribution in [1.82, 2.24) is 26.2 Å². The number of hydrogen-bond acceptors (Lipinski definition) is 10. The maximum atomic E-state index is 14.7. The number of rotatable bonds is 24. The maximum absolute atomic E-state index is 14.7. The summed E-state index contributed by atoms with van der Waals surface area (Å²) in [7, 11) is 0. The van der Waals surface area contributed by atoms with Gasteiger partial charge in [-0.1, -0.05) is 79.1 Å². The van der Waals surface area contributed by atoms with E-state index in [4.69, 9.17) is 15.2 Å². The van der Waals surface area contributed by atoms with E-state index in [0.29, 0.717) is 32.1 Å². The van der Waals surface area contributed by atoms with Gasteiger partial charge < -0.3 is 41.4 Å². The van der Waals surface area contributed by atoms with Gasteiger partial charge in [-0.2, -0.15) is 0 Å². The van der Waals surface area contributed by atoms with Crippen LogP contribution in [0.4, 0.5) is 0 Å². The quantitative estimate of drug-likeness (QED) is 0.0707. The van der Waals surface area contributed by atoms with Crippen LogP contribution in [-0.4, -0.2) is 108 Å². The van der Waals surface area contributed by atoms with Crippen molar-refractivity contribution in [1.29, 1.82) is 0 Å². The van der Waals surface area contributed by atoms with Gasteiger partial charge in [-0.3, -0.25) is 33.6 Å². The first-order chi connectivity index (χ1) is 27.0. The van der Waals surface area contributed by atoms with Crippen molar-refractivity contribution < 1.29 is 47.8 Å². The second-order valence-electron chi connectivity index (χ2n) is 16.5. The van der Waals surface area contributed by atoms with Gasteiger partial charge in [0, 0.05) is 18.9 Å². The van der Waals surface area contributed by atoms with Crippen LogP contribution in [0.2, 0.25) is 0 Å². The molecule has 0 aromatic carbocycles. The Balaban J connectivity index is 2.34. The highest BCUT2D eigenvalue weighted by atomic mass is 16.6. The molecule has 5 atom stereocenters. The van der Waals surface area contributed by atoms with Crippen LogP contribution in [0.5, 0.6) is 0 Å². The largest absolute Gasteiger partial charge is 0.458 e. The van der Waals surface area contributed by atoms with E-state index < -0.39 is 90.3 Å². The molecule has 0 spiro atoms. The SMILES string of the molecule is CCCCC(NC(=O)CNC(=O)C(=O)C(CCC)NC(=O)[C@@H]1C[C@@H](OCC(=O)OC(C)(C)C)CN1C(=O)C(NC(=O)C(CCC)CCC)C1CCCCC1)C(N)=O. The molecule has 1 aliphatic heterocycles. The Hall–Kier alpha value is -4.08. The van der Waals surface area contributed by atoms with Crippen molar-refractivity contribution in [2.75, 3.05) is 19.7 Å². The molecule has 6 N–H and O–H groups in total. The van der Waals surface area contributed by atoms with E-state index in [1.54, 1.807) is 27.7 Å². The smallest absolute Gasteiger partial charge is 0.332 e. The summed E-state index contributed by atoms with van der Waals surface area (Å²) < 4.78 is 11.3. The zero-order valence-corrected chi connectivity index (χ0v) is 35.4. The van der Waals surface area contributed by atoms with Gasteiger partial charge in [-0.05, 0) is 65.2 Å². The molecular formula is C41H70N6O10. The lowest BCUT2D eigenvalue weighted by molar-refractivity contribution is -0.162. The Bertz CT molecular complexity index is 1370. The summed E-state index contributed by atoms with van der Waals surface area (Å²) in [6.45, 7) is 11.8. The Labute approximate surface area is 338 Å². The number of ether oxygens (including phenoxy) is 2. The summed E-state index contributed by atoms with van der Waals surface area (Å²) in [5.41, 5.74) is 4.64. The van der Waals surface area contributed by atoms with Crippen LogP contribution in [0, 0.1) is 11.8 Å². The van der Waals surface area contributed by atoms with Gasteiger partial charge in [0.1, 0.15) is 30.3 Å². The van der Waals surface area contributed by atoms with E-state index in [2.05, 4.69) is 21.3 Å². The average Bonchev–Trinajstić information content (AvgIpc) is 3.60. The van der Waals surface area contributed by atoms with E-state index >= 15 is 0 Å². The van der Waals surface area contributed by atoms with Crippen LogP contribution < -0.4 is 27.0 Å². The molecule has 16 heteroatoms. The number of amides is 6. The molecule has 57 heavy (non-hydrogen) atoms. The van der Waals surface area contributed by atoms with E-state index in [1.807, 2.05) is 20.8 Å². The monoisotopic (exact) mass is 807 g/mol. The molecule has 1 saturated heterocycles. The molecule has 0 radical (unpaired) electrons. The molecular weight excluding hydrogens is 736 g/mol. The van der Waals surface area contributed by atoms with Crippen molar-refractivity contribution in [2.45, 2.75) is 181 Å². The third-order valence-corrected chi connectivity index (χ3v) is 10.4. The molecule has 1 saturated carbocycles. The number of primary amides is 1. The second kappa shape index (κ2) is 24.6. The molecule has 0 aromatic rings. The predicted molar refractivity (Wildman–Crippen MR) is 213 cm³/mol. The number of carbonyl (C=O) groups excluding carboxylic acids is 8. The van der Waals surface area contributed by atoms with Crippen molar-refractivity contribution in [3.05, 3.63) is 0 Å². The van der Waals surface area contributed by atoms with Gasteiger partial charge in [0.2, 0.25) is 35.3 Å². The number of ketones is 1. The fraction of sp³-hybridized carbons (Fsp3) is 0.805. The van der Waals surface area contributed by atoms with E-state index in [9.17, 15) is 38.4 Å². The number of likely N-dealkylation sites (tertiary alicyclic amines) is 1. The number of nitrogens with two attached hydrogens (primary N) is 1. The van der Waals surface area contributed by atoms with Crippen LogP contribution in [0.1, 0.15) is 145 Å². The normalized spacial score (nSPS) is 18.9. The third-order valence-electron chi connectivity index (χ3n) is 10.4. The number of esters is 1. The van der Waals surface area contributed by atoms with Crippen LogP contribution >= 0.6 is 0 Å². The summed E-state index contributed by atoms with van der Waals surface area (Å²) in [4.78, 5) is 107. The molecule has 2 aliphatic rings. The molecule has 0 aromatic heterocycles. The van der Waals surface area contributed by atoms with Crippen molar-refractivity contribution in [2.24, 2.45) is 17.6 Å². The lowest BCUT2D eigenvalue weighted by Gasteiger charge is -2.35. The lowest BCUT2D eigenvalue weighted by atomic mass is 9.82. The van der Waals surface area contributed by atoms with Gasteiger partial charge in [0.05, 0.1) is 18.7 Å². The minimum Gasteiger partial charge on any atom is -0.458 e. The van der Waals surface area contributed by atoms with Gasteiger partial charge in [0.15, 0.2) is 0 Å². The molecule has 3 unspecified atom stereocenters. The topological polar surface area (TPSA) is 232 Å². The Morgan fingerprint density at radius 2 is 1.42 bits per heavy atom. The molecule has 16 nitrogen and oxygen atoms in total. The van der Waals surface area contributed by atoms with Crippen LogP contribution in [0.15, 0.2) is 0 Å². The Morgan fingerprint density at radius 1 is 0.789 bits per heavy atom. The number of unbranched alkanes of at least 4 members (excludes halogenated alkanes) is 1. The third kappa shape index (κ3) is 16.7. The summed E-state index contributed by atoms with van der Waals surface area (Å²) >= 11 is 0. The summed E-state index contributed by atoms with van der Waals surface area (Å²) in [5, 5.41) is 10.5. The highest BCUT2D eigenvalue weighted by Gasteiger charge is 2.46. The molecule has 2 rings (SSSR count). The molecule has 6 amide bonds. The standard InChI is InChI=1S/C41H70N6O10/c1-8-12-21-30(36(42)51)44-32(48)23-43-39(54)35(50)29(18-11-4)45-38(53)31-22-28(56-25-33(49)57-41(5,6)7)24-47(31)40(55)34(26-19-14-13-15-20-26)46-37(52)27(16-9-2)17-10-3/h26-31,34H,8-25H2,1-7H3,(H2,42,51)(H,43,54)(H,44,48)(H,45,53)(H,46,52)/t28-,29?,30?,31+,34?/m1/s1. The van der Waals surface area contributed by atoms with Crippen LogP contribution in [-0.2, 0) is 47.8 Å². The van der Waals surface area contributed by atoms with Crippen molar-refractivity contribution >= 4 is 47.2 Å². The zero-order valence-electron chi connectivity index (χ0n) is 35.4. The molecule has 324 valence electrons. The summed E-state index contributed by atoms with van der Waals surface area (Å²) in [5.74, 6) is -5.89. The fourth-order valence-electron chi connectivity index (χ4n) is 7.54. The van der Waals surface area contributed by atoms with Crippen LogP contribution in [0.25, 0.3) is 0 Å². The number of nitrogens with zero attached hydrogens (tertiary/aromatic N) is 1.